The lowest BCUT2D eigenvalue weighted by atomic mass is 10.2. The number of carbonyl (C=O) groups is 2. The summed E-state index contributed by atoms with van der Waals surface area (Å²) in [6.45, 7) is 1.85. The van der Waals surface area contributed by atoms with Gasteiger partial charge in [-0.1, -0.05) is 23.7 Å². The molecule has 2 aromatic carbocycles. The molecule has 22 heavy (non-hydrogen) atoms. The first kappa shape index (κ1) is 15.9. The third-order valence-corrected chi connectivity index (χ3v) is 3.08. The van der Waals surface area contributed by atoms with Crippen LogP contribution in [0, 0.1) is 0 Å². The molecule has 0 unspecified atom stereocenters. The van der Waals surface area contributed by atoms with Crippen LogP contribution in [0.1, 0.15) is 12.5 Å². The molecule has 3 N–H and O–H groups in total. The van der Waals surface area contributed by atoms with Crippen molar-refractivity contribution in [3.05, 3.63) is 59.1 Å². The molecule has 0 radical (unpaired) electrons. The van der Waals surface area contributed by atoms with E-state index in [9.17, 15) is 9.59 Å². The van der Waals surface area contributed by atoms with Gasteiger partial charge in [0.15, 0.2) is 0 Å². The van der Waals surface area contributed by atoms with Crippen LogP contribution in [0.3, 0.4) is 0 Å². The normalized spacial score (nSPS) is 9.91. The number of amides is 3. The van der Waals surface area contributed by atoms with Gasteiger partial charge in [-0.2, -0.15) is 0 Å². The fourth-order valence-electron chi connectivity index (χ4n) is 1.80. The molecule has 5 nitrogen and oxygen atoms in total. The Morgan fingerprint density at radius 2 is 1.45 bits per heavy atom. The summed E-state index contributed by atoms with van der Waals surface area (Å²) in [4.78, 5) is 22.7. The minimum absolute atomic E-state index is 0.138. The molecule has 0 aliphatic rings. The van der Waals surface area contributed by atoms with Crippen LogP contribution in [0.4, 0.5) is 16.2 Å². The van der Waals surface area contributed by atoms with E-state index in [0.717, 1.165) is 5.56 Å². The van der Waals surface area contributed by atoms with Crippen LogP contribution in [0.25, 0.3) is 0 Å². The highest BCUT2D eigenvalue weighted by molar-refractivity contribution is 6.30. The van der Waals surface area contributed by atoms with Crippen molar-refractivity contribution in [1.82, 2.24) is 5.32 Å². The number of anilines is 2. The van der Waals surface area contributed by atoms with Crippen LogP contribution < -0.4 is 16.0 Å². The number of nitrogens with one attached hydrogen (secondary N) is 3. The molecular formula is C16H16ClN3O2. The molecule has 0 aliphatic heterocycles. The van der Waals surface area contributed by atoms with E-state index in [0.29, 0.717) is 22.9 Å². The first-order chi connectivity index (χ1) is 10.5. The maximum Gasteiger partial charge on any atom is 0.319 e. The van der Waals surface area contributed by atoms with Crippen LogP contribution in [0.15, 0.2) is 48.5 Å². The molecule has 0 saturated heterocycles. The van der Waals surface area contributed by atoms with Gasteiger partial charge in [-0.3, -0.25) is 4.79 Å². The van der Waals surface area contributed by atoms with Crippen LogP contribution in [0.5, 0.6) is 0 Å². The summed E-state index contributed by atoms with van der Waals surface area (Å²) in [5, 5.41) is 8.78. The SMILES string of the molecule is CC(=O)Nc1ccc(NC(=O)NCc2ccc(Cl)cc2)cc1. The van der Waals surface area contributed by atoms with Crippen molar-refractivity contribution in [2.75, 3.05) is 10.6 Å². The lowest BCUT2D eigenvalue weighted by molar-refractivity contribution is -0.114. The van der Waals surface area contributed by atoms with Gasteiger partial charge in [0.25, 0.3) is 0 Å². The molecule has 114 valence electrons. The fraction of sp³-hybridized carbons (Fsp3) is 0.125. The first-order valence-corrected chi connectivity index (χ1v) is 7.08. The molecule has 0 atom stereocenters. The third kappa shape index (κ3) is 5.10. The molecule has 0 saturated carbocycles. The Balaban J connectivity index is 1.83. The minimum Gasteiger partial charge on any atom is -0.334 e. The predicted molar refractivity (Wildman–Crippen MR) is 88.1 cm³/mol. The highest BCUT2D eigenvalue weighted by Crippen LogP contribution is 2.13. The fourth-order valence-corrected chi connectivity index (χ4v) is 1.93. The highest BCUT2D eigenvalue weighted by atomic mass is 35.5. The molecule has 2 rings (SSSR count). The lowest BCUT2D eigenvalue weighted by Gasteiger charge is -2.09. The van der Waals surface area contributed by atoms with E-state index in [1.165, 1.54) is 6.92 Å². The van der Waals surface area contributed by atoms with E-state index in [2.05, 4.69) is 16.0 Å². The molecule has 0 fully saturated rings. The molecular weight excluding hydrogens is 302 g/mol. The van der Waals surface area contributed by atoms with E-state index in [4.69, 9.17) is 11.6 Å². The maximum absolute atomic E-state index is 11.8. The molecule has 0 aliphatic carbocycles. The van der Waals surface area contributed by atoms with Gasteiger partial charge in [0.1, 0.15) is 0 Å². The summed E-state index contributed by atoms with van der Waals surface area (Å²) in [6, 6.07) is 13.8. The topological polar surface area (TPSA) is 70.2 Å². The summed E-state index contributed by atoms with van der Waals surface area (Å²) < 4.78 is 0. The van der Waals surface area contributed by atoms with E-state index in [-0.39, 0.29) is 11.9 Å². The Morgan fingerprint density at radius 1 is 0.909 bits per heavy atom. The summed E-state index contributed by atoms with van der Waals surface area (Å²) in [5.74, 6) is -0.138. The predicted octanol–water partition coefficient (Wildman–Crippen LogP) is 3.62. The number of carbonyl (C=O) groups excluding carboxylic acids is 2. The Kier molecular flexibility index (Phi) is 5.38. The molecule has 0 heterocycles. The van der Waals surface area contributed by atoms with Crippen LogP contribution in [-0.2, 0) is 11.3 Å². The van der Waals surface area contributed by atoms with Crippen molar-refractivity contribution in [3.63, 3.8) is 0 Å². The smallest absolute Gasteiger partial charge is 0.319 e. The summed E-state index contributed by atoms with van der Waals surface area (Å²) in [5.41, 5.74) is 2.28. The number of urea groups is 1. The monoisotopic (exact) mass is 317 g/mol. The molecule has 0 bridgehead atoms. The number of hydrogen-bond donors (Lipinski definition) is 3. The zero-order chi connectivity index (χ0) is 15.9. The second kappa shape index (κ2) is 7.47. The van der Waals surface area contributed by atoms with Gasteiger partial charge in [-0.25, -0.2) is 4.79 Å². The highest BCUT2D eigenvalue weighted by Gasteiger charge is 2.02. The Hall–Kier alpha value is -2.53. The number of rotatable bonds is 4. The van der Waals surface area contributed by atoms with Crippen LogP contribution >= 0.6 is 11.6 Å². The number of halogens is 1. The average Bonchev–Trinajstić information content (AvgIpc) is 2.48. The molecule has 0 spiro atoms. The van der Waals surface area contributed by atoms with Crippen molar-refractivity contribution in [1.29, 1.82) is 0 Å². The Morgan fingerprint density at radius 3 is 2.00 bits per heavy atom. The van der Waals surface area contributed by atoms with E-state index in [1.807, 2.05) is 12.1 Å². The van der Waals surface area contributed by atoms with Crippen molar-refractivity contribution >= 4 is 34.9 Å². The van der Waals surface area contributed by atoms with Crippen molar-refractivity contribution < 1.29 is 9.59 Å². The number of benzene rings is 2. The second-order valence-electron chi connectivity index (χ2n) is 4.69. The van der Waals surface area contributed by atoms with Gasteiger partial charge >= 0.3 is 6.03 Å². The minimum atomic E-state index is -0.303. The van der Waals surface area contributed by atoms with Gasteiger partial charge in [0.2, 0.25) is 5.91 Å². The Bertz CT molecular complexity index is 654. The maximum atomic E-state index is 11.8. The van der Waals surface area contributed by atoms with Gasteiger partial charge in [-0.15, -0.1) is 0 Å². The van der Waals surface area contributed by atoms with E-state index >= 15 is 0 Å². The first-order valence-electron chi connectivity index (χ1n) is 6.70. The van der Waals surface area contributed by atoms with Crippen molar-refractivity contribution in [2.45, 2.75) is 13.5 Å². The zero-order valence-corrected chi connectivity index (χ0v) is 12.8. The summed E-state index contributed by atoms with van der Waals surface area (Å²) >= 11 is 5.80. The zero-order valence-electron chi connectivity index (χ0n) is 12.0. The van der Waals surface area contributed by atoms with Crippen LogP contribution in [0.2, 0.25) is 5.02 Å². The van der Waals surface area contributed by atoms with Gasteiger partial charge in [-0.05, 0) is 42.0 Å². The largest absolute Gasteiger partial charge is 0.334 e. The average molecular weight is 318 g/mol. The van der Waals surface area contributed by atoms with Gasteiger partial charge in [0, 0.05) is 29.9 Å². The number of hydrogen-bond acceptors (Lipinski definition) is 2. The van der Waals surface area contributed by atoms with E-state index < -0.39 is 0 Å². The van der Waals surface area contributed by atoms with E-state index in [1.54, 1.807) is 36.4 Å². The lowest BCUT2D eigenvalue weighted by Crippen LogP contribution is -2.28. The van der Waals surface area contributed by atoms with Gasteiger partial charge in [0.05, 0.1) is 0 Å². The van der Waals surface area contributed by atoms with Crippen LogP contribution in [-0.4, -0.2) is 11.9 Å². The Labute approximate surface area is 133 Å². The second-order valence-corrected chi connectivity index (χ2v) is 5.13. The quantitative estimate of drug-likeness (QED) is 0.806. The summed E-state index contributed by atoms with van der Waals surface area (Å²) in [7, 11) is 0. The standard InChI is InChI=1S/C16H16ClN3O2/c1-11(21)19-14-6-8-15(9-7-14)20-16(22)18-10-12-2-4-13(17)5-3-12/h2-9H,10H2,1H3,(H,19,21)(H2,18,20,22). The molecule has 6 heteroatoms. The third-order valence-electron chi connectivity index (χ3n) is 2.83. The summed E-state index contributed by atoms with van der Waals surface area (Å²) in [6.07, 6.45) is 0. The molecule has 0 aromatic heterocycles. The van der Waals surface area contributed by atoms with Gasteiger partial charge < -0.3 is 16.0 Å². The molecule has 3 amide bonds. The molecule has 2 aromatic rings. The van der Waals surface area contributed by atoms with Crippen molar-refractivity contribution in [2.24, 2.45) is 0 Å². The van der Waals surface area contributed by atoms with Crippen molar-refractivity contribution in [3.8, 4) is 0 Å².